The lowest BCUT2D eigenvalue weighted by Gasteiger charge is -2.27. The van der Waals surface area contributed by atoms with E-state index in [2.05, 4.69) is 5.32 Å². The molecular formula is C10H20N2O2. The summed E-state index contributed by atoms with van der Waals surface area (Å²) in [5, 5.41) is 12.3. The molecule has 1 aliphatic rings. The van der Waals surface area contributed by atoms with Crippen LogP contribution in [0.3, 0.4) is 0 Å². The van der Waals surface area contributed by atoms with Crippen molar-refractivity contribution >= 4 is 5.97 Å². The fraction of sp³-hybridized carbons (Fsp3) is 0.900. The van der Waals surface area contributed by atoms with Crippen molar-refractivity contribution in [2.75, 3.05) is 27.2 Å². The van der Waals surface area contributed by atoms with Crippen LogP contribution in [-0.2, 0) is 4.79 Å². The monoisotopic (exact) mass is 200 g/mol. The molecule has 0 heterocycles. The van der Waals surface area contributed by atoms with E-state index in [4.69, 9.17) is 5.11 Å². The molecule has 0 aromatic heterocycles. The lowest BCUT2D eigenvalue weighted by molar-refractivity contribution is -0.145. The first-order chi connectivity index (χ1) is 6.47. The van der Waals surface area contributed by atoms with E-state index in [1.54, 1.807) is 6.92 Å². The molecule has 2 N–H and O–H groups in total. The number of carboxylic acid groups (broad SMARTS) is 1. The summed E-state index contributed by atoms with van der Waals surface area (Å²) in [4.78, 5) is 13.1. The molecule has 0 bridgehead atoms. The molecule has 4 nitrogen and oxygen atoms in total. The van der Waals surface area contributed by atoms with Crippen molar-refractivity contribution in [1.29, 1.82) is 0 Å². The van der Waals surface area contributed by atoms with Crippen LogP contribution in [0.5, 0.6) is 0 Å². The SMILES string of the molecule is CN(C)CCNC(C)(C(=O)O)C1CC1. The Morgan fingerprint density at radius 2 is 2.14 bits per heavy atom. The van der Waals surface area contributed by atoms with E-state index in [1.807, 2.05) is 19.0 Å². The second-order valence-corrected chi connectivity index (χ2v) is 4.51. The molecule has 0 amide bonds. The zero-order chi connectivity index (χ0) is 10.8. The van der Waals surface area contributed by atoms with Crippen molar-refractivity contribution < 1.29 is 9.90 Å². The summed E-state index contributed by atoms with van der Waals surface area (Å²) in [6.07, 6.45) is 2.08. The number of aliphatic carboxylic acids is 1. The highest BCUT2D eigenvalue weighted by Crippen LogP contribution is 2.39. The fourth-order valence-corrected chi connectivity index (χ4v) is 1.59. The van der Waals surface area contributed by atoms with Crippen molar-refractivity contribution in [3.63, 3.8) is 0 Å². The Kier molecular flexibility index (Phi) is 3.50. The summed E-state index contributed by atoms with van der Waals surface area (Å²) in [6.45, 7) is 3.39. The van der Waals surface area contributed by atoms with Crippen LogP contribution in [0, 0.1) is 5.92 Å². The maximum Gasteiger partial charge on any atom is 0.323 e. The average molecular weight is 200 g/mol. The van der Waals surface area contributed by atoms with Crippen LogP contribution in [0.2, 0.25) is 0 Å². The minimum absolute atomic E-state index is 0.321. The van der Waals surface area contributed by atoms with Crippen LogP contribution in [0.25, 0.3) is 0 Å². The number of nitrogens with one attached hydrogen (secondary N) is 1. The number of hydrogen-bond acceptors (Lipinski definition) is 3. The van der Waals surface area contributed by atoms with E-state index in [9.17, 15) is 4.79 Å². The zero-order valence-electron chi connectivity index (χ0n) is 9.21. The normalized spacial score (nSPS) is 20.9. The summed E-state index contributed by atoms with van der Waals surface area (Å²) in [5.74, 6) is -0.402. The molecule has 0 aromatic rings. The van der Waals surface area contributed by atoms with E-state index >= 15 is 0 Å². The number of hydrogen-bond donors (Lipinski definition) is 2. The fourth-order valence-electron chi connectivity index (χ4n) is 1.59. The van der Waals surface area contributed by atoms with Crippen molar-refractivity contribution in [2.45, 2.75) is 25.3 Å². The third-order valence-electron chi connectivity index (χ3n) is 2.89. The Hall–Kier alpha value is -0.610. The standard InChI is InChI=1S/C10H20N2O2/c1-10(9(13)14,8-4-5-8)11-6-7-12(2)3/h8,11H,4-7H2,1-3H3,(H,13,14). The van der Waals surface area contributed by atoms with E-state index in [-0.39, 0.29) is 0 Å². The molecule has 1 atom stereocenters. The lowest BCUT2D eigenvalue weighted by atomic mass is 9.96. The largest absolute Gasteiger partial charge is 0.480 e. The summed E-state index contributed by atoms with van der Waals surface area (Å²) in [5.41, 5.74) is -0.712. The third kappa shape index (κ3) is 2.69. The number of carboxylic acids is 1. The van der Waals surface area contributed by atoms with Gasteiger partial charge in [0, 0.05) is 13.1 Å². The minimum Gasteiger partial charge on any atom is -0.480 e. The van der Waals surface area contributed by atoms with Crippen molar-refractivity contribution in [3.05, 3.63) is 0 Å². The predicted octanol–water partition coefficient (Wildman–Crippen LogP) is 0.391. The number of carbonyl (C=O) groups is 1. The van der Waals surface area contributed by atoms with Crippen molar-refractivity contribution in [2.24, 2.45) is 5.92 Å². The van der Waals surface area contributed by atoms with Crippen LogP contribution in [0.4, 0.5) is 0 Å². The van der Waals surface area contributed by atoms with Gasteiger partial charge in [0.05, 0.1) is 0 Å². The first-order valence-corrected chi connectivity index (χ1v) is 5.10. The maximum absolute atomic E-state index is 11.1. The molecule has 1 aliphatic carbocycles. The van der Waals surface area contributed by atoms with Gasteiger partial charge in [0.2, 0.25) is 0 Å². The predicted molar refractivity (Wildman–Crippen MR) is 55.3 cm³/mol. The van der Waals surface area contributed by atoms with E-state index < -0.39 is 11.5 Å². The van der Waals surface area contributed by atoms with Crippen LogP contribution in [-0.4, -0.2) is 48.7 Å². The van der Waals surface area contributed by atoms with Gasteiger partial charge in [-0.25, -0.2) is 0 Å². The Morgan fingerprint density at radius 3 is 2.50 bits per heavy atom. The molecule has 14 heavy (non-hydrogen) atoms. The van der Waals surface area contributed by atoms with E-state index in [1.165, 1.54) is 0 Å². The zero-order valence-corrected chi connectivity index (χ0v) is 9.21. The molecular weight excluding hydrogens is 180 g/mol. The molecule has 0 saturated heterocycles. The molecule has 1 saturated carbocycles. The molecule has 0 radical (unpaired) electrons. The molecule has 0 spiro atoms. The molecule has 82 valence electrons. The molecule has 1 rings (SSSR count). The van der Waals surface area contributed by atoms with Gasteiger partial charge in [-0.1, -0.05) is 0 Å². The second-order valence-electron chi connectivity index (χ2n) is 4.51. The highest BCUT2D eigenvalue weighted by Gasteiger charge is 2.46. The Bertz CT molecular complexity index is 214. The number of likely N-dealkylation sites (N-methyl/N-ethyl adjacent to an activating group) is 1. The topological polar surface area (TPSA) is 52.6 Å². The highest BCUT2D eigenvalue weighted by atomic mass is 16.4. The summed E-state index contributed by atoms with van der Waals surface area (Å²) >= 11 is 0. The first-order valence-electron chi connectivity index (χ1n) is 5.10. The molecule has 1 fully saturated rings. The quantitative estimate of drug-likeness (QED) is 0.651. The minimum atomic E-state index is -0.723. The van der Waals surface area contributed by atoms with Gasteiger partial charge in [-0.3, -0.25) is 4.79 Å². The van der Waals surface area contributed by atoms with Gasteiger partial charge in [0.25, 0.3) is 0 Å². The summed E-state index contributed by atoms with van der Waals surface area (Å²) in [7, 11) is 3.97. The van der Waals surface area contributed by atoms with Crippen LogP contribution >= 0.6 is 0 Å². The molecule has 1 unspecified atom stereocenters. The molecule has 4 heteroatoms. The van der Waals surface area contributed by atoms with Gasteiger partial charge < -0.3 is 15.3 Å². The lowest BCUT2D eigenvalue weighted by Crippen LogP contribution is -2.53. The second kappa shape index (κ2) is 4.28. The average Bonchev–Trinajstić information content (AvgIpc) is 2.84. The smallest absolute Gasteiger partial charge is 0.323 e. The van der Waals surface area contributed by atoms with Gasteiger partial charge >= 0.3 is 5.97 Å². The van der Waals surface area contributed by atoms with Gasteiger partial charge in [-0.15, -0.1) is 0 Å². The van der Waals surface area contributed by atoms with Gasteiger partial charge in [-0.05, 0) is 39.8 Å². The summed E-state index contributed by atoms with van der Waals surface area (Å²) < 4.78 is 0. The summed E-state index contributed by atoms with van der Waals surface area (Å²) in [6, 6.07) is 0. The third-order valence-corrected chi connectivity index (χ3v) is 2.89. The van der Waals surface area contributed by atoms with Crippen LogP contribution in [0.15, 0.2) is 0 Å². The molecule has 0 aliphatic heterocycles. The van der Waals surface area contributed by atoms with Gasteiger partial charge in [0.15, 0.2) is 0 Å². The Balaban J connectivity index is 2.40. The van der Waals surface area contributed by atoms with E-state index in [0.29, 0.717) is 5.92 Å². The highest BCUT2D eigenvalue weighted by molar-refractivity contribution is 5.79. The Morgan fingerprint density at radius 1 is 1.57 bits per heavy atom. The number of nitrogens with zero attached hydrogens (tertiary/aromatic N) is 1. The first kappa shape index (κ1) is 11.5. The Labute approximate surface area is 85.3 Å². The number of rotatable bonds is 6. The van der Waals surface area contributed by atoms with Gasteiger partial charge in [-0.2, -0.15) is 0 Å². The van der Waals surface area contributed by atoms with Crippen molar-refractivity contribution in [3.8, 4) is 0 Å². The van der Waals surface area contributed by atoms with Crippen LogP contribution < -0.4 is 5.32 Å². The van der Waals surface area contributed by atoms with Crippen molar-refractivity contribution in [1.82, 2.24) is 10.2 Å². The molecule has 0 aromatic carbocycles. The van der Waals surface area contributed by atoms with E-state index in [0.717, 1.165) is 25.9 Å². The van der Waals surface area contributed by atoms with Gasteiger partial charge in [0.1, 0.15) is 5.54 Å². The van der Waals surface area contributed by atoms with Crippen LogP contribution in [0.1, 0.15) is 19.8 Å². The maximum atomic E-state index is 11.1.